The Balaban J connectivity index is 2.77. The standard InChI is InChI=1S/C9H10N2O4/c1-3-7(15-8(13)4-2)11-6(12)5-10-9(11)14/h3-4,7H,1-2,5H2,(H,10,14). The van der Waals surface area contributed by atoms with Gasteiger partial charge in [0.2, 0.25) is 6.23 Å². The summed E-state index contributed by atoms with van der Waals surface area (Å²) in [7, 11) is 0. The highest BCUT2D eigenvalue weighted by Crippen LogP contribution is 2.08. The van der Waals surface area contributed by atoms with Crippen LogP contribution >= 0.6 is 0 Å². The Morgan fingerprint density at radius 1 is 1.53 bits per heavy atom. The fourth-order valence-corrected chi connectivity index (χ4v) is 1.07. The molecule has 0 aromatic rings. The number of hydrogen-bond acceptors (Lipinski definition) is 4. The summed E-state index contributed by atoms with van der Waals surface area (Å²) in [6, 6.07) is -0.609. The molecule has 6 nitrogen and oxygen atoms in total. The van der Waals surface area contributed by atoms with Crippen molar-refractivity contribution in [3.05, 3.63) is 25.3 Å². The molecule has 80 valence electrons. The molecule has 0 bridgehead atoms. The Kier molecular flexibility index (Phi) is 3.22. The van der Waals surface area contributed by atoms with Crippen molar-refractivity contribution < 1.29 is 19.1 Å². The van der Waals surface area contributed by atoms with Crippen molar-refractivity contribution in [3.8, 4) is 0 Å². The second-order valence-electron chi connectivity index (χ2n) is 2.69. The summed E-state index contributed by atoms with van der Waals surface area (Å²) < 4.78 is 4.74. The average molecular weight is 210 g/mol. The number of nitrogens with one attached hydrogen (secondary N) is 1. The first-order valence-corrected chi connectivity index (χ1v) is 4.15. The maximum atomic E-state index is 11.2. The van der Waals surface area contributed by atoms with Crippen molar-refractivity contribution in [1.82, 2.24) is 10.2 Å². The molecule has 15 heavy (non-hydrogen) atoms. The number of carbonyl (C=O) groups excluding carboxylic acids is 3. The predicted octanol–water partition coefficient (Wildman–Crippen LogP) is -0.221. The fourth-order valence-electron chi connectivity index (χ4n) is 1.07. The number of carbonyl (C=O) groups is 3. The van der Waals surface area contributed by atoms with Crippen molar-refractivity contribution in [2.45, 2.75) is 6.23 Å². The average Bonchev–Trinajstić information content (AvgIpc) is 2.55. The largest absolute Gasteiger partial charge is 0.434 e. The first kappa shape index (κ1) is 11.0. The van der Waals surface area contributed by atoms with Gasteiger partial charge in [0.15, 0.2) is 0 Å². The van der Waals surface area contributed by atoms with E-state index in [4.69, 9.17) is 4.74 Å². The van der Waals surface area contributed by atoms with E-state index in [1.165, 1.54) is 6.08 Å². The van der Waals surface area contributed by atoms with Crippen LogP contribution in [-0.4, -0.2) is 35.6 Å². The summed E-state index contributed by atoms with van der Waals surface area (Å²) in [5.41, 5.74) is 0. The van der Waals surface area contributed by atoms with Gasteiger partial charge < -0.3 is 10.1 Å². The molecule has 1 heterocycles. The molecule has 0 radical (unpaired) electrons. The second kappa shape index (κ2) is 4.41. The quantitative estimate of drug-likeness (QED) is 0.301. The number of amides is 3. The monoisotopic (exact) mass is 210 g/mol. The van der Waals surface area contributed by atoms with Crippen LogP contribution in [0.2, 0.25) is 0 Å². The smallest absolute Gasteiger partial charge is 0.332 e. The van der Waals surface area contributed by atoms with Gasteiger partial charge in [-0.25, -0.2) is 14.5 Å². The predicted molar refractivity (Wildman–Crippen MR) is 50.5 cm³/mol. The van der Waals surface area contributed by atoms with Crippen molar-refractivity contribution in [1.29, 1.82) is 0 Å². The van der Waals surface area contributed by atoms with Gasteiger partial charge in [0.25, 0.3) is 5.91 Å². The van der Waals surface area contributed by atoms with Crippen LogP contribution in [0.3, 0.4) is 0 Å². The molecule has 1 N–H and O–H groups in total. The zero-order chi connectivity index (χ0) is 11.4. The second-order valence-corrected chi connectivity index (χ2v) is 2.69. The molecule has 1 rings (SSSR count). The first-order chi connectivity index (χ1) is 7.10. The van der Waals surface area contributed by atoms with Crippen LogP contribution in [0, 0.1) is 0 Å². The minimum atomic E-state index is -1.09. The van der Waals surface area contributed by atoms with E-state index in [9.17, 15) is 14.4 Å². The molecule has 1 aliphatic heterocycles. The Labute approximate surface area is 86.2 Å². The number of hydrogen-bond donors (Lipinski definition) is 1. The lowest BCUT2D eigenvalue weighted by Gasteiger charge is -2.20. The molecule has 1 fully saturated rings. The lowest BCUT2D eigenvalue weighted by molar-refractivity contribution is -0.149. The van der Waals surface area contributed by atoms with Gasteiger partial charge in [0.1, 0.15) is 0 Å². The molecule has 0 aliphatic carbocycles. The van der Waals surface area contributed by atoms with Gasteiger partial charge in [-0.2, -0.15) is 0 Å². The van der Waals surface area contributed by atoms with Crippen molar-refractivity contribution in [3.63, 3.8) is 0 Å². The number of nitrogens with zero attached hydrogens (tertiary/aromatic N) is 1. The van der Waals surface area contributed by atoms with Crippen LogP contribution in [0.15, 0.2) is 25.3 Å². The highest BCUT2D eigenvalue weighted by molar-refractivity contribution is 6.02. The van der Waals surface area contributed by atoms with Crippen LogP contribution < -0.4 is 5.32 Å². The highest BCUT2D eigenvalue weighted by atomic mass is 16.6. The maximum absolute atomic E-state index is 11.2. The van der Waals surface area contributed by atoms with E-state index >= 15 is 0 Å². The Hall–Kier alpha value is -2.11. The lowest BCUT2D eigenvalue weighted by Crippen LogP contribution is -2.41. The van der Waals surface area contributed by atoms with E-state index in [0.717, 1.165) is 11.0 Å². The van der Waals surface area contributed by atoms with Gasteiger partial charge >= 0.3 is 12.0 Å². The van der Waals surface area contributed by atoms with Gasteiger partial charge in [-0.3, -0.25) is 4.79 Å². The Bertz CT molecular complexity index is 321. The number of esters is 1. The summed E-state index contributed by atoms with van der Waals surface area (Å²) in [4.78, 5) is 34.1. The summed E-state index contributed by atoms with van der Waals surface area (Å²) >= 11 is 0. The van der Waals surface area contributed by atoms with E-state index in [2.05, 4.69) is 18.5 Å². The normalized spacial score (nSPS) is 16.9. The van der Waals surface area contributed by atoms with E-state index in [-0.39, 0.29) is 6.54 Å². The van der Waals surface area contributed by atoms with Crippen LogP contribution in [-0.2, 0) is 14.3 Å². The third-order valence-electron chi connectivity index (χ3n) is 1.74. The van der Waals surface area contributed by atoms with E-state index in [1.54, 1.807) is 0 Å². The molecule has 0 spiro atoms. The third kappa shape index (κ3) is 2.22. The molecular formula is C9H10N2O4. The van der Waals surface area contributed by atoms with Gasteiger partial charge in [-0.15, -0.1) is 0 Å². The molecule has 0 aromatic carbocycles. The van der Waals surface area contributed by atoms with Crippen LogP contribution in [0.5, 0.6) is 0 Å². The van der Waals surface area contributed by atoms with Crippen LogP contribution in [0.4, 0.5) is 4.79 Å². The van der Waals surface area contributed by atoms with Gasteiger partial charge in [0.05, 0.1) is 6.54 Å². The molecule has 1 atom stereocenters. The van der Waals surface area contributed by atoms with E-state index in [0.29, 0.717) is 0 Å². The molecule has 6 heteroatoms. The van der Waals surface area contributed by atoms with Crippen molar-refractivity contribution in [2.75, 3.05) is 6.54 Å². The number of imide groups is 1. The molecule has 1 saturated heterocycles. The highest BCUT2D eigenvalue weighted by Gasteiger charge is 2.35. The summed E-state index contributed by atoms with van der Waals surface area (Å²) in [6.45, 7) is 6.47. The SMILES string of the molecule is C=CC(=O)OC(C=C)N1C(=O)CNC1=O. The van der Waals surface area contributed by atoms with Gasteiger partial charge in [-0.05, 0) is 6.08 Å². The topological polar surface area (TPSA) is 75.7 Å². The van der Waals surface area contributed by atoms with Crippen LogP contribution in [0.1, 0.15) is 0 Å². The molecular weight excluding hydrogens is 200 g/mol. The van der Waals surface area contributed by atoms with Crippen LogP contribution in [0.25, 0.3) is 0 Å². The van der Waals surface area contributed by atoms with Crippen molar-refractivity contribution in [2.24, 2.45) is 0 Å². The maximum Gasteiger partial charge on any atom is 0.332 e. The third-order valence-corrected chi connectivity index (χ3v) is 1.74. The van der Waals surface area contributed by atoms with E-state index < -0.39 is 24.1 Å². The molecule has 0 aromatic heterocycles. The Morgan fingerprint density at radius 2 is 2.20 bits per heavy atom. The summed E-state index contributed by atoms with van der Waals surface area (Å²) in [6.07, 6.45) is 1.03. The minimum Gasteiger partial charge on any atom is -0.434 e. The first-order valence-electron chi connectivity index (χ1n) is 4.15. The number of urea groups is 1. The summed E-state index contributed by atoms with van der Waals surface area (Å²) in [5, 5.41) is 2.30. The minimum absolute atomic E-state index is 0.102. The zero-order valence-electron chi connectivity index (χ0n) is 7.93. The van der Waals surface area contributed by atoms with Gasteiger partial charge in [0, 0.05) is 6.08 Å². The van der Waals surface area contributed by atoms with Gasteiger partial charge in [-0.1, -0.05) is 13.2 Å². The van der Waals surface area contributed by atoms with E-state index in [1.807, 2.05) is 0 Å². The number of ether oxygens (including phenoxy) is 1. The summed E-state index contributed by atoms with van der Waals surface area (Å²) in [5.74, 6) is -1.20. The lowest BCUT2D eigenvalue weighted by atomic mass is 10.4. The van der Waals surface area contributed by atoms with Crippen molar-refractivity contribution >= 4 is 17.9 Å². The number of rotatable bonds is 4. The zero-order valence-corrected chi connectivity index (χ0v) is 7.93. The molecule has 0 saturated carbocycles. The Morgan fingerprint density at radius 3 is 2.60 bits per heavy atom. The molecule has 3 amide bonds. The molecule has 1 aliphatic rings. The fraction of sp³-hybridized carbons (Fsp3) is 0.222. The molecule has 1 unspecified atom stereocenters.